The summed E-state index contributed by atoms with van der Waals surface area (Å²) in [6.07, 6.45) is 4.55. The molecule has 19 nitrogen and oxygen atoms in total. The monoisotopic (exact) mass is 896 g/mol. The highest BCUT2D eigenvalue weighted by Crippen LogP contribution is 2.31. The van der Waals surface area contributed by atoms with Crippen molar-refractivity contribution in [1.82, 2.24) is 4.31 Å². The van der Waals surface area contributed by atoms with Gasteiger partial charge in [0.25, 0.3) is 37.7 Å². The van der Waals surface area contributed by atoms with Crippen molar-refractivity contribution in [3.8, 4) is 0 Å². The fraction of sp³-hybridized carbons (Fsp3) is 0.176. The van der Waals surface area contributed by atoms with Crippen LogP contribution in [0.5, 0.6) is 0 Å². The SMILES string of the molecule is CSc1ccc(C(=O)Nc2ccc(/C=C/c3ccc(NC(=O)c4ccc(S(C)(=O)=O)c([N+](=O)[O-])c4)cc3S(=O)(=O)O)c(S(=O)(=O)O)c2)cc1S(=O)(=O)N1CCOCC1. The van der Waals surface area contributed by atoms with Gasteiger partial charge in [0.15, 0.2) is 9.84 Å². The van der Waals surface area contributed by atoms with Crippen molar-refractivity contribution in [1.29, 1.82) is 0 Å². The highest BCUT2D eigenvalue weighted by Gasteiger charge is 2.30. The smallest absolute Gasteiger partial charge is 0.295 e. The number of sulfone groups is 1. The molecule has 58 heavy (non-hydrogen) atoms. The van der Waals surface area contributed by atoms with Crippen LogP contribution in [0.3, 0.4) is 0 Å². The first-order valence-corrected chi connectivity index (χ1v) is 23.7. The number of ether oxygens (including phenoxy) is 1. The molecule has 0 radical (unpaired) electrons. The van der Waals surface area contributed by atoms with Crippen molar-refractivity contribution in [3.05, 3.63) is 105 Å². The normalized spacial score (nSPS) is 14.3. The Morgan fingerprint density at radius 1 is 0.724 bits per heavy atom. The van der Waals surface area contributed by atoms with Crippen molar-refractivity contribution in [2.24, 2.45) is 0 Å². The number of nitro groups is 1. The number of amides is 2. The number of nitro benzene ring substituents is 1. The van der Waals surface area contributed by atoms with E-state index in [9.17, 15) is 62.5 Å². The van der Waals surface area contributed by atoms with Crippen LogP contribution in [-0.4, -0.2) is 103 Å². The minimum absolute atomic E-state index is 0.0782. The molecule has 0 bridgehead atoms. The molecule has 0 atom stereocenters. The zero-order valence-electron chi connectivity index (χ0n) is 30.0. The van der Waals surface area contributed by atoms with Crippen molar-refractivity contribution >= 4 is 92.9 Å². The molecule has 308 valence electrons. The predicted molar refractivity (Wildman–Crippen MR) is 211 cm³/mol. The maximum absolute atomic E-state index is 13.4. The number of carbonyl (C=O) groups excluding carboxylic acids is 2. The molecule has 0 unspecified atom stereocenters. The van der Waals surface area contributed by atoms with E-state index in [1.54, 1.807) is 6.26 Å². The van der Waals surface area contributed by atoms with Crippen LogP contribution in [0.2, 0.25) is 0 Å². The molecule has 1 aliphatic heterocycles. The van der Waals surface area contributed by atoms with Gasteiger partial charge in [-0.05, 0) is 72.0 Å². The summed E-state index contributed by atoms with van der Waals surface area (Å²) in [5.74, 6) is -1.82. The van der Waals surface area contributed by atoms with Gasteiger partial charge < -0.3 is 15.4 Å². The second kappa shape index (κ2) is 17.0. The largest absolute Gasteiger partial charge is 0.379 e. The van der Waals surface area contributed by atoms with Crippen LogP contribution < -0.4 is 10.6 Å². The van der Waals surface area contributed by atoms with E-state index in [1.165, 1.54) is 34.6 Å². The first-order valence-electron chi connectivity index (χ1n) is 16.3. The first-order chi connectivity index (χ1) is 27.0. The number of nitrogens with zero attached hydrogens (tertiary/aromatic N) is 2. The molecule has 2 amide bonds. The molecule has 0 saturated carbocycles. The summed E-state index contributed by atoms with van der Waals surface area (Å²) in [6, 6.07) is 13.1. The van der Waals surface area contributed by atoms with Gasteiger partial charge >= 0.3 is 0 Å². The van der Waals surface area contributed by atoms with Crippen molar-refractivity contribution in [2.75, 3.05) is 49.4 Å². The van der Waals surface area contributed by atoms with Gasteiger partial charge in [-0.25, -0.2) is 16.8 Å². The minimum atomic E-state index is -5.03. The summed E-state index contributed by atoms with van der Waals surface area (Å²) in [6.45, 7) is 0.648. The van der Waals surface area contributed by atoms with Crippen LogP contribution in [0, 0.1) is 10.1 Å². The molecule has 1 saturated heterocycles. The summed E-state index contributed by atoms with van der Waals surface area (Å²) >= 11 is 1.16. The Kier molecular flexibility index (Phi) is 12.9. The fourth-order valence-corrected chi connectivity index (χ4v) is 10.4. The summed E-state index contributed by atoms with van der Waals surface area (Å²) in [5, 5.41) is 16.2. The van der Waals surface area contributed by atoms with E-state index in [0.717, 1.165) is 72.6 Å². The lowest BCUT2D eigenvalue weighted by Crippen LogP contribution is -2.40. The number of benzene rings is 4. The van der Waals surface area contributed by atoms with Crippen molar-refractivity contribution in [2.45, 2.75) is 24.5 Å². The quantitative estimate of drug-likeness (QED) is 0.0486. The zero-order chi connectivity index (χ0) is 42.8. The van der Waals surface area contributed by atoms with Crippen LogP contribution in [0.25, 0.3) is 12.2 Å². The van der Waals surface area contributed by atoms with Crippen LogP contribution in [-0.2, 0) is 44.8 Å². The topological polar surface area (TPSA) is 291 Å². The van der Waals surface area contributed by atoms with E-state index in [-0.39, 0.29) is 64.8 Å². The Morgan fingerprint density at radius 3 is 1.66 bits per heavy atom. The molecular formula is C34H32N4O15S5. The van der Waals surface area contributed by atoms with Gasteiger partial charge in [-0.15, -0.1) is 11.8 Å². The minimum Gasteiger partial charge on any atom is -0.379 e. The molecule has 0 spiro atoms. The molecule has 4 aromatic rings. The number of nitrogens with one attached hydrogen (secondary N) is 2. The Bertz CT molecular complexity index is 2820. The molecule has 0 aromatic heterocycles. The van der Waals surface area contributed by atoms with Gasteiger partial charge in [-0.3, -0.25) is 28.8 Å². The highest BCUT2D eigenvalue weighted by atomic mass is 32.2. The van der Waals surface area contributed by atoms with Gasteiger partial charge in [0.1, 0.15) is 14.7 Å². The number of morpholine rings is 1. The molecule has 0 aliphatic carbocycles. The molecule has 4 aromatic carbocycles. The van der Waals surface area contributed by atoms with Crippen LogP contribution in [0.15, 0.2) is 97.3 Å². The second-order valence-electron chi connectivity index (χ2n) is 12.3. The molecular weight excluding hydrogens is 865 g/mol. The summed E-state index contributed by atoms with van der Waals surface area (Å²) in [4.78, 5) is 34.8. The van der Waals surface area contributed by atoms with Gasteiger partial charge in [-0.1, -0.05) is 24.3 Å². The lowest BCUT2D eigenvalue weighted by molar-refractivity contribution is -0.387. The number of rotatable bonds is 13. The standard InChI is InChI=1S/C34H32N4O15S5/c1-54-28-11-7-24(18-32(28)56(45,46)37-13-15-53-16-14-37)34(40)36-26-10-6-22(31(20-26)58(50,51)52)4-3-21-5-9-25(19-30(21)57(47,48)49)35-33(39)23-8-12-29(55(2,43)44)27(17-23)38(41)42/h3-12,17-20H,13-16H2,1-2H3,(H,35,39)(H,36,40)(H,47,48,49)(H,50,51,52)/b4-3+. The lowest BCUT2D eigenvalue weighted by Gasteiger charge is -2.27. The van der Waals surface area contributed by atoms with E-state index >= 15 is 0 Å². The van der Waals surface area contributed by atoms with E-state index in [2.05, 4.69) is 10.6 Å². The maximum atomic E-state index is 13.4. The molecule has 1 heterocycles. The second-order valence-corrected chi connectivity index (χ2v) is 19.8. The number of sulfonamides is 1. The van der Waals surface area contributed by atoms with E-state index in [4.69, 9.17) is 4.74 Å². The third kappa shape index (κ3) is 10.1. The number of hydrogen-bond acceptors (Lipinski definition) is 14. The predicted octanol–water partition coefficient (Wildman–Crippen LogP) is 3.91. The third-order valence-corrected chi connectivity index (χ3v) is 14.2. The summed E-state index contributed by atoms with van der Waals surface area (Å²) in [5.41, 5.74) is -2.10. The van der Waals surface area contributed by atoms with E-state index < -0.39 is 77.2 Å². The molecule has 24 heteroatoms. The van der Waals surface area contributed by atoms with Gasteiger partial charge in [0.05, 0.1) is 23.0 Å². The van der Waals surface area contributed by atoms with Gasteiger partial charge in [0.2, 0.25) is 10.0 Å². The Hall–Kier alpha value is -5.05. The average molecular weight is 897 g/mol. The average Bonchev–Trinajstić information content (AvgIpc) is 3.16. The van der Waals surface area contributed by atoms with E-state index in [0.29, 0.717) is 4.90 Å². The van der Waals surface area contributed by atoms with Gasteiger partial charge in [-0.2, -0.15) is 21.1 Å². The molecule has 5 rings (SSSR count). The Labute approximate surface area is 336 Å². The van der Waals surface area contributed by atoms with Crippen LogP contribution in [0.4, 0.5) is 17.1 Å². The third-order valence-electron chi connectivity index (χ3n) is 8.37. The fourth-order valence-electron chi connectivity index (χ4n) is 5.59. The highest BCUT2D eigenvalue weighted by molar-refractivity contribution is 7.99. The molecule has 1 fully saturated rings. The van der Waals surface area contributed by atoms with Crippen LogP contribution in [0.1, 0.15) is 31.8 Å². The summed E-state index contributed by atoms with van der Waals surface area (Å²) in [7, 11) is -18.1. The zero-order valence-corrected chi connectivity index (χ0v) is 34.1. The molecule has 1 aliphatic rings. The first kappa shape index (κ1) is 44.1. The number of anilines is 2. The maximum Gasteiger partial charge on any atom is 0.295 e. The van der Waals surface area contributed by atoms with Gasteiger partial charge in [0, 0.05) is 52.8 Å². The number of hydrogen-bond donors (Lipinski definition) is 4. The molecule has 4 N–H and O–H groups in total. The number of carbonyl (C=O) groups is 2. The summed E-state index contributed by atoms with van der Waals surface area (Å²) < 4.78 is 127. The Balaban J connectivity index is 1.41. The van der Waals surface area contributed by atoms with E-state index in [1.807, 2.05) is 0 Å². The van der Waals surface area contributed by atoms with Crippen molar-refractivity contribution in [3.63, 3.8) is 0 Å². The lowest BCUT2D eigenvalue weighted by atomic mass is 10.1. The van der Waals surface area contributed by atoms with Crippen molar-refractivity contribution < 1.29 is 62.0 Å². The Morgan fingerprint density at radius 2 is 1.21 bits per heavy atom. The van der Waals surface area contributed by atoms with Crippen LogP contribution >= 0.6 is 11.8 Å². The number of thioether (sulfide) groups is 1.